The van der Waals surface area contributed by atoms with Gasteiger partial charge in [0.05, 0.1) is 12.2 Å². The molecule has 0 aromatic carbocycles. The van der Waals surface area contributed by atoms with E-state index in [0.29, 0.717) is 25.0 Å². The van der Waals surface area contributed by atoms with Gasteiger partial charge in [-0.25, -0.2) is 0 Å². The van der Waals surface area contributed by atoms with E-state index in [1.54, 1.807) is 0 Å². The molecule has 1 heterocycles. The molecule has 47 heavy (non-hydrogen) atoms. The van der Waals surface area contributed by atoms with E-state index in [9.17, 15) is 14.7 Å². The van der Waals surface area contributed by atoms with Gasteiger partial charge < -0.3 is 19.3 Å². The van der Waals surface area contributed by atoms with Gasteiger partial charge in [0.2, 0.25) is 0 Å². The lowest BCUT2D eigenvalue weighted by Crippen LogP contribution is -2.25. The Bertz CT molecular complexity index is 915. The van der Waals surface area contributed by atoms with Gasteiger partial charge in [0.25, 0.3) is 0 Å². The van der Waals surface area contributed by atoms with Crippen molar-refractivity contribution < 1.29 is 28.9 Å². The monoisotopic (exact) mass is 657 g/mol. The van der Waals surface area contributed by atoms with Crippen molar-refractivity contribution in [1.82, 2.24) is 0 Å². The van der Waals surface area contributed by atoms with Crippen LogP contribution < -0.4 is 0 Å². The molecular weight excluding hydrogens is 588 g/mol. The smallest absolute Gasteiger partial charge is 0.306 e. The third-order valence-corrected chi connectivity index (χ3v) is 8.11. The Balaban J connectivity index is 1.89. The molecule has 2 unspecified atom stereocenters. The maximum Gasteiger partial charge on any atom is 0.306 e. The second-order valence-corrected chi connectivity index (χ2v) is 13.2. The highest BCUT2D eigenvalue weighted by molar-refractivity contribution is 5.70. The van der Waals surface area contributed by atoms with E-state index in [-0.39, 0.29) is 31.6 Å². The predicted molar refractivity (Wildman–Crippen MR) is 195 cm³/mol. The predicted octanol–water partition coefficient (Wildman–Crippen LogP) is 10.5. The van der Waals surface area contributed by atoms with Crippen LogP contribution in [0.5, 0.6) is 0 Å². The van der Waals surface area contributed by atoms with Crippen LogP contribution in [0.3, 0.4) is 0 Å². The minimum Gasteiger partial charge on any atom is -0.463 e. The van der Waals surface area contributed by atoms with E-state index in [1.165, 1.54) is 51.4 Å². The highest BCUT2D eigenvalue weighted by atomic mass is 16.6. The van der Waals surface area contributed by atoms with Gasteiger partial charge in [-0.05, 0) is 57.3 Å². The van der Waals surface area contributed by atoms with Crippen molar-refractivity contribution in [3.8, 4) is 0 Å². The molecule has 1 aliphatic rings. The summed E-state index contributed by atoms with van der Waals surface area (Å²) in [6, 6.07) is 0. The van der Waals surface area contributed by atoms with Crippen molar-refractivity contribution in [2.45, 2.75) is 167 Å². The number of aliphatic hydroxyl groups excluding tert-OH is 1. The zero-order valence-corrected chi connectivity index (χ0v) is 30.1. The highest BCUT2D eigenvalue weighted by Crippen LogP contribution is 2.29. The van der Waals surface area contributed by atoms with Crippen LogP contribution in [0.25, 0.3) is 0 Å². The van der Waals surface area contributed by atoms with Crippen LogP contribution in [0.1, 0.15) is 149 Å². The number of carbonyl (C=O) groups is 2. The van der Waals surface area contributed by atoms with Gasteiger partial charge in [0.1, 0.15) is 19.3 Å². The van der Waals surface area contributed by atoms with Crippen molar-refractivity contribution in [1.29, 1.82) is 0 Å². The lowest BCUT2D eigenvalue weighted by molar-refractivity contribution is -0.152. The number of hydrogen-bond donors (Lipinski definition) is 1. The fourth-order valence-electron chi connectivity index (χ4n) is 5.16. The molecule has 0 aliphatic carbocycles. The van der Waals surface area contributed by atoms with Crippen LogP contribution in [0.15, 0.2) is 60.8 Å². The van der Waals surface area contributed by atoms with Crippen LogP contribution in [-0.2, 0) is 23.8 Å². The largest absolute Gasteiger partial charge is 0.463 e. The molecule has 1 fully saturated rings. The van der Waals surface area contributed by atoms with Crippen molar-refractivity contribution in [2.75, 3.05) is 13.2 Å². The van der Waals surface area contributed by atoms with Crippen LogP contribution in [0, 0.1) is 5.92 Å². The summed E-state index contributed by atoms with van der Waals surface area (Å²) in [5.74, 6) is 0.153. The minimum atomic E-state index is -0.998. The SMILES string of the molecule is CC/C=C\CC1OC1C/C=C\C/C=C\C/C=C\C/C=C\CCC(=O)OC[C@H](O)COC(=O)CCCCCCCCCCCCC(C)C. The summed E-state index contributed by atoms with van der Waals surface area (Å²) in [5, 5.41) is 9.99. The third-order valence-electron chi connectivity index (χ3n) is 8.11. The van der Waals surface area contributed by atoms with Gasteiger partial charge >= 0.3 is 11.9 Å². The van der Waals surface area contributed by atoms with Crippen LogP contribution in [0.2, 0.25) is 0 Å². The van der Waals surface area contributed by atoms with E-state index in [4.69, 9.17) is 14.2 Å². The van der Waals surface area contributed by atoms with Gasteiger partial charge in [-0.3, -0.25) is 9.59 Å². The van der Waals surface area contributed by atoms with E-state index in [2.05, 4.69) is 69.4 Å². The number of ether oxygens (including phenoxy) is 3. The summed E-state index contributed by atoms with van der Waals surface area (Å²) in [6.07, 6.45) is 41.8. The molecule has 0 saturated carbocycles. The summed E-state index contributed by atoms with van der Waals surface area (Å²) >= 11 is 0. The fourth-order valence-corrected chi connectivity index (χ4v) is 5.16. The maximum atomic E-state index is 11.9. The molecule has 1 saturated heterocycles. The molecule has 0 spiro atoms. The molecule has 0 radical (unpaired) electrons. The average molecular weight is 657 g/mol. The molecule has 268 valence electrons. The molecule has 1 N–H and O–H groups in total. The molecule has 0 aromatic rings. The number of hydrogen-bond acceptors (Lipinski definition) is 6. The van der Waals surface area contributed by atoms with E-state index >= 15 is 0 Å². The summed E-state index contributed by atoms with van der Waals surface area (Å²) in [6.45, 7) is 6.43. The molecule has 0 amide bonds. The number of esters is 2. The van der Waals surface area contributed by atoms with Crippen LogP contribution in [-0.4, -0.2) is 48.6 Å². The van der Waals surface area contributed by atoms with Crippen molar-refractivity contribution in [3.63, 3.8) is 0 Å². The quantitative estimate of drug-likeness (QED) is 0.0346. The Morgan fingerprint density at radius 3 is 1.60 bits per heavy atom. The number of aliphatic hydroxyl groups is 1. The second kappa shape index (κ2) is 30.9. The lowest BCUT2D eigenvalue weighted by Gasteiger charge is -2.12. The van der Waals surface area contributed by atoms with E-state index < -0.39 is 6.10 Å². The highest BCUT2D eigenvalue weighted by Gasteiger charge is 2.35. The Morgan fingerprint density at radius 1 is 0.617 bits per heavy atom. The molecule has 0 aromatic heterocycles. The zero-order valence-electron chi connectivity index (χ0n) is 30.1. The first-order chi connectivity index (χ1) is 22.9. The first-order valence-corrected chi connectivity index (χ1v) is 18.8. The molecule has 1 rings (SSSR count). The van der Waals surface area contributed by atoms with Gasteiger partial charge in [0, 0.05) is 12.8 Å². The molecule has 6 nitrogen and oxygen atoms in total. The summed E-state index contributed by atoms with van der Waals surface area (Å²) in [5.41, 5.74) is 0. The van der Waals surface area contributed by atoms with Crippen LogP contribution >= 0.6 is 0 Å². The lowest BCUT2D eigenvalue weighted by atomic mass is 10.0. The van der Waals surface area contributed by atoms with Crippen molar-refractivity contribution in [3.05, 3.63) is 60.8 Å². The first-order valence-electron chi connectivity index (χ1n) is 18.8. The number of epoxide rings is 1. The average Bonchev–Trinajstić information content (AvgIpc) is 3.81. The van der Waals surface area contributed by atoms with Gasteiger partial charge in [-0.2, -0.15) is 0 Å². The van der Waals surface area contributed by atoms with E-state index in [0.717, 1.165) is 63.7 Å². The first kappa shape index (κ1) is 42.6. The molecular formula is C41H68O6. The van der Waals surface area contributed by atoms with Gasteiger partial charge in [-0.15, -0.1) is 0 Å². The molecule has 3 atom stereocenters. The van der Waals surface area contributed by atoms with Crippen LogP contribution in [0.4, 0.5) is 0 Å². The third kappa shape index (κ3) is 29.4. The number of unbranched alkanes of at least 4 members (excludes halogenated alkanes) is 9. The summed E-state index contributed by atoms with van der Waals surface area (Å²) in [7, 11) is 0. The maximum absolute atomic E-state index is 11.9. The fraction of sp³-hybridized carbons (Fsp3) is 0.707. The standard InChI is InChI=1S/C41H68O6/c1-4-5-24-30-38-39(47-38)31-26-21-17-13-8-6-7-9-14-18-22-27-32-40(43)45-34-37(42)35-46-41(44)33-28-23-19-15-11-10-12-16-20-25-29-36(2)3/h5,7-9,13,18,21-22,24,26,36-39,42H,4,6,10-12,14-17,19-20,23,25,27-35H2,1-3H3/b9-7-,13-8-,22-18-,24-5-,26-21-/t37-,38?,39?/m0/s1. The summed E-state index contributed by atoms with van der Waals surface area (Å²) < 4.78 is 15.9. The minimum absolute atomic E-state index is 0.144. The zero-order chi connectivity index (χ0) is 34.2. The molecule has 0 bridgehead atoms. The number of carbonyl (C=O) groups excluding carboxylic acids is 2. The summed E-state index contributed by atoms with van der Waals surface area (Å²) in [4.78, 5) is 23.9. The van der Waals surface area contributed by atoms with Crippen molar-refractivity contribution in [2.24, 2.45) is 5.92 Å². The Labute approximate surface area is 287 Å². The van der Waals surface area contributed by atoms with Gasteiger partial charge in [-0.1, -0.05) is 146 Å². The number of rotatable bonds is 31. The molecule has 1 aliphatic heterocycles. The normalized spacial score (nSPS) is 17.3. The topological polar surface area (TPSA) is 85.4 Å². The van der Waals surface area contributed by atoms with Gasteiger partial charge in [0.15, 0.2) is 0 Å². The Kier molecular flexibility index (Phi) is 28.0. The second-order valence-electron chi connectivity index (χ2n) is 13.2. The Morgan fingerprint density at radius 2 is 1.06 bits per heavy atom. The number of allylic oxidation sites excluding steroid dienone is 8. The van der Waals surface area contributed by atoms with E-state index in [1.807, 2.05) is 12.2 Å². The Hall–Kier alpha value is -2.44. The van der Waals surface area contributed by atoms with Crippen molar-refractivity contribution >= 4 is 11.9 Å². The molecule has 6 heteroatoms.